The highest BCUT2D eigenvalue weighted by molar-refractivity contribution is 8.16. The second-order valence-electron chi connectivity index (χ2n) is 5.62. The zero-order valence-corrected chi connectivity index (χ0v) is 24.8. The molecule has 0 heterocycles. The molecule has 206 valence electrons. The van der Waals surface area contributed by atoms with Crippen LogP contribution >= 0.6 is 82.3 Å². The van der Waals surface area contributed by atoms with Crippen molar-refractivity contribution in [3.8, 4) is 0 Å². The predicted octanol–water partition coefficient (Wildman–Crippen LogP) is 2.43. The van der Waals surface area contributed by atoms with Crippen molar-refractivity contribution in [2.24, 2.45) is 0 Å². The Kier molecular flexibility index (Phi) is 29.8. The molecule has 0 aromatic rings. The Morgan fingerprint density at radius 1 is 0.514 bits per heavy atom. The molecule has 0 bridgehead atoms. The van der Waals surface area contributed by atoms with Gasteiger partial charge in [-0.15, -0.1) is 70.6 Å². The van der Waals surface area contributed by atoms with Crippen molar-refractivity contribution in [1.29, 1.82) is 0 Å². The molecule has 0 radical (unpaired) electrons. The molecule has 17 heteroatoms. The van der Waals surface area contributed by atoms with Gasteiger partial charge in [-0.2, -0.15) is 0 Å². The number of thioether (sulfide) groups is 7. The highest BCUT2D eigenvalue weighted by atomic mass is 32.2. The molecular weight excluding hydrogens is 601 g/mol. The summed E-state index contributed by atoms with van der Waals surface area (Å²) in [6.07, 6.45) is 0. The van der Waals surface area contributed by atoms with Gasteiger partial charge in [0, 0.05) is 27.4 Å². The Morgan fingerprint density at radius 3 is 1.51 bits per heavy atom. The minimum atomic E-state index is -0.434. The van der Waals surface area contributed by atoms with Gasteiger partial charge < -0.3 is 24.4 Å². The van der Waals surface area contributed by atoms with Gasteiger partial charge in [-0.1, -0.05) is 11.8 Å². The summed E-state index contributed by atoms with van der Waals surface area (Å²) in [7, 11) is 0. The zero-order chi connectivity index (χ0) is 25.8. The van der Waals surface area contributed by atoms with Crippen LogP contribution in [-0.2, 0) is 38.4 Å². The van der Waals surface area contributed by atoms with Gasteiger partial charge in [0.05, 0.1) is 37.1 Å². The summed E-state index contributed by atoms with van der Waals surface area (Å²) in [5.41, 5.74) is 0. The summed E-state index contributed by atoms with van der Waals surface area (Å²) in [5.74, 6) is 1.98. The van der Waals surface area contributed by atoms with Gasteiger partial charge in [-0.25, -0.2) is 9.78 Å². The van der Waals surface area contributed by atoms with Crippen molar-refractivity contribution in [2.45, 2.75) is 0 Å². The zero-order valence-electron chi connectivity index (χ0n) is 19.1. The second kappa shape index (κ2) is 29.3. The summed E-state index contributed by atoms with van der Waals surface area (Å²) < 4.78 is 15.1. The number of aliphatic hydroxyl groups excluding tert-OH is 2. The molecule has 0 aliphatic carbocycles. The van der Waals surface area contributed by atoms with Crippen LogP contribution < -0.4 is 0 Å². The Balaban J connectivity index is 3.34. The first-order chi connectivity index (χ1) is 17.1. The third-order valence-electron chi connectivity index (χ3n) is 2.90. The first-order valence-electron chi connectivity index (χ1n) is 10.1. The van der Waals surface area contributed by atoms with E-state index in [2.05, 4.69) is 0 Å². The Labute approximate surface area is 235 Å². The number of aliphatic hydroxyl groups is 2. The first kappa shape index (κ1) is 35.7. The molecule has 0 saturated carbocycles. The largest absolute Gasteiger partial charge is 0.454 e. The fourth-order valence-electron chi connectivity index (χ4n) is 1.51. The van der Waals surface area contributed by atoms with Crippen LogP contribution in [-0.4, -0.2) is 116 Å². The maximum absolute atomic E-state index is 11.6. The fourth-order valence-corrected chi connectivity index (χ4v) is 6.23. The minimum Gasteiger partial charge on any atom is -0.454 e. The molecule has 0 aromatic heterocycles. The Morgan fingerprint density at radius 2 is 1.00 bits per heavy atom. The maximum Gasteiger partial charge on any atom is 0.316 e. The van der Waals surface area contributed by atoms with Gasteiger partial charge in [0.15, 0.2) is 0 Å². The van der Waals surface area contributed by atoms with E-state index in [1.54, 1.807) is 23.5 Å². The lowest BCUT2D eigenvalue weighted by Crippen LogP contribution is -2.12. The lowest BCUT2D eigenvalue weighted by atomic mass is 10.8. The van der Waals surface area contributed by atoms with Crippen LogP contribution in [0, 0.1) is 0 Å². The van der Waals surface area contributed by atoms with Gasteiger partial charge in [0.2, 0.25) is 0 Å². The van der Waals surface area contributed by atoms with E-state index in [1.807, 2.05) is 0 Å². The molecule has 0 atom stereocenters. The molecule has 35 heavy (non-hydrogen) atoms. The van der Waals surface area contributed by atoms with Crippen LogP contribution in [0.4, 0.5) is 0 Å². The predicted molar refractivity (Wildman–Crippen MR) is 151 cm³/mol. The number of hydrogen-bond donors (Lipinski definition) is 2. The smallest absolute Gasteiger partial charge is 0.316 e. The third kappa shape index (κ3) is 29.1. The summed E-state index contributed by atoms with van der Waals surface area (Å²) in [6.45, 7) is 0.580. The Bertz CT molecular complexity index is 534. The van der Waals surface area contributed by atoms with E-state index in [0.29, 0.717) is 29.8 Å². The van der Waals surface area contributed by atoms with Crippen LogP contribution in [0.15, 0.2) is 0 Å². The first-order valence-corrected chi connectivity index (χ1v) is 18.2. The van der Waals surface area contributed by atoms with Gasteiger partial charge in [0.25, 0.3) is 0 Å². The van der Waals surface area contributed by atoms with E-state index >= 15 is 0 Å². The topological polar surface area (TPSA) is 138 Å². The van der Waals surface area contributed by atoms with E-state index in [1.165, 1.54) is 47.0 Å². The van der Waals surface area contributed by atoms with Crippen LogP contribution in [0.2, 0.25) is 0 Å². The van der Waals surface area contributed by atoms with Crippen molar-refractivity contribution in [3.63, 3.8) is 0 Å². The SMILES string of the molecule is O=C(CSCCOOCSCOC(=O)CSCC(=O)OCSCSCCO)OCSCSCCO. The number of ether oxygens (including phenoxy) is 3. The van der Waals surface area contributed by atoms with Gasteiger partial charge in [-0.05, 0) is 0 Å². The van der Waals surface area contributed by atoms with Crippen LogP contribution in [0.1, 0.15) is 0 Å². The van der Waals surface area contributed by atoms with Crippen LogP contribution in [0.5, 0.6) is 0 Å². The maximum atomic E-state index is 11.6. The summed E-state index contributed by atoms with van der Waals surface area (Å²) in [5, 5.41) is 18.8. The minimum absolute atomic E-state index is 0.0491. The number of carbonyl (C=O) groups excluding carboxylic acids is 3. The van der Waals surface area contributed by atoms with Gasteiger partial charge in [0.1, 0.15) is 23.8 Å². The molecule has 0 amide bonds. The number of hydrogen-bond acceptors (Lipinski definition) is 17. The quantitative estimate of drug-likeness (QED) is 0.0360. The number of rotatable bonds is 26. The Hall–Kier alpha value is 0.700. The molecule has 0 saturated heterocycles. The van der Waals surface area contributed by atoms with E-state index in [4.69, 9.17) is 34.2 Å². The van der Waals surface area contributed by atoms with E-state index in [0.717, 1.165) is 21.9 Å². The monoisotopic (exact) mass is 632 g/mol. The van der Waals surface area contributed by atoms with Gasteiger partial charge >= 0.3 is 17.9 Å². The number of esters is 3. The highest BCUT2D eigenvalue weighted by Gasteiger charge is 2.08. The van der Waals surface area contributed by atoms with E-state index in [9.17, 15) is 14.4 Å². The van der Waals surface area contributed by atoms with Crippen molar-refractivity contribution in [1.82, 2.24) is 0 Å². The van der Waals surface area contributed by atoms with Crippen molar-refractivity contribution < 1.29 is 48.6 Å². The normalized spacial score (nSPS) is 10.8. The molecule has 0 unspecified atom stereocenters. The average molecular weight is 633 g/mol. The molecule has 2 N–H and O–H groups in total. The van der Waals surface area contributed by atoms with Crippen molar-refractivity contribution >= 4 is 100 Å². The molecule has 0 fully saturated rings. The second-order valence-corrected chi connectivity index (χ2v) is 13.4. The molecule has 0 spiro atoms. The lowest BCUT2D eigenvalue weighted by Gasteiger charge is -2.06. The standard InChI is InChI=1S/C18H32O10S7/c19-1-4-30-14-34-11-25-16(21)7-29-6-3-27-28-13-33-10-24-17(22)8-32-9-18(23)26-12-35-15-31-5-2-20/h19-20H,1-15H2. The highest BCUT2D eigenvalue weighted by Crippen LogP contribution is 2.13. The van der Waals surface area contributed by atoms with Crippen molar-refractivity contribution in [2.75, 3.05) is 88.3 Å². The molecule has 0 aliphatic rings. The van der Waals surface area contributed by atoms with Crippen molar-refractivity contribution in [3.05, 3.63) is 0 Å². The molecule has 0 aliphatic heterocycles. The van der Waals surface area contributed by atoms with Gasteiger partial charge in [-0.3, -0.25) is 14.4 Å². The molecule has 10 nitrogen and oxygen atoms in total. The average Bonchev–Trinajstić information content (AvgIpc) is 2.84. The van der Waals surface area contributed by atoms with E-state index in [-0.39, 0.29) is 60.2 Å². The summed E-state index contributed by atoms with van der Waals surface area (Å²) in [4.78, 5) is 44.6. The van der Waals surface area contributed by atoms with E-state index < -0.39 is 5.97 Å². The summed E-state index contributed by atoms with van der Waals surface area (Å²) in [6, 6.07) is 0. The molecule has 0 aromatic carbocycles. The number of carbonyl (C=O) groups is 3. The van der Waals surface area contributed by atoms with Crippen LogP contribution in [0.3, 0.4) is 0 Å². The fraction of sp³-hybridized carbons (Fsp3) is 0.833. The molecule has 0 rings (SSSR count). The van der Waals surface area contributed by atoms with Crippen LogP contribution in [0.25, 0.3) is 0 Å². The molecular formula is C18H32O10S7. The summed E-state index contributed by atoms with van der Waals surface area (Å²) >= 11 is 9.79. The third-order valence-corrected chi connectivity index (χ3v) is 9.40. The lowest BCUT2D eigenvalue weighted by molar-refractivity contribution is -0.274.